The highest BCUT2D eigenvalue weighted by atomic mass is 19.1. The summed E-state index contributed by atoms with van der Waals surface area (Å²) in [6.07, 6.45) is 0. The van der Waals surface area contributed by atoms with E-state index in [9.17, 15) is 19.3 Å². The first kappa shape index (κ1) is 14.2. The average Bonchev–Trinajstić information content (AvgIpc) is 2.46. The number of hydrogen-bond donors (Lipinski definition) is 1. The molecule has 0 aliphatic carbocycles. The van der Waals surface area contributed by atoms with Crippen LogP contribution < -0.4 is 10.1 Å². The summed E-state index contributed by atoms with van der Waals surface area (Å²) in [4.78, 5) is 23.5. The number of nitrogens with zero attached hydrogens (tertiary/aromatic N) is 2. The van der Waals surface area contributed by atoms with Crippen LogP contribution in [0.5, 0.6) is 5.75 Å². The predicted molar refractivity (Wildman–Crippen MR) is 68.0 cm³/mol. The molecule has 20 heavy (non-hydrogen) atoms. The minimum atomic E-state index is -0.854. The Kier molecular flexibility index (Phi) is 4.46. The van der Waals surface area contributed by atoms with Crippen LogP contribution in [0.1, 0.15) is 0 Å². The number of benzene rings is 1. The molecule has 1 saturated heterocycles. The first-order chi connectivity index (χ1) is 9.59. The molecule has 7 nitrogen and oxygen atoms in total. The molecule has 1 aliphatic rings. The van der Waals surface area contributed by atoms with Crippen molar-refractivity contribution in [2.24, 2.45) is 0 Å². The number of carbonyl (C=O) groups excluding carboxylic acids is 1. The molecule has 0 radical (unpaired) electrons. The van der Waals surface area contributed by atoms with Crippen molar-refractivity contribution in [1.29, 1.82) is 0 Å². The van der Waals surface area contributed by atoms with Crippen molar-refractivity contribution in [3.63, 3.8) is 0 Å². The molecule has 108 valence electrons. The first-order valence-corrected chi connectivity index (χ1v) is 6.14. The number of piperazine rings is 1. The predicted octanol–water partition coefficient (Wildman–Crippen LogP) is 0.544. The van der Waals surface area contributed by atoms with Gasteiger partial charge in [-0.05, 0) is 6.07 Å². The van der Waals surface area contributed by atoms with Crippen molar-refractivity contribution in [1.82, 2.24) is 10.2 Å². The summed E-state index contributed by atoms with van der Waals surface area (Å²) in [5, 5.41) is 13.9. The fourth-order valence-electron chi connectivity index (χ4n) is 1.92. The minimum absolute atomic E-state index is 0.316. The van der Waals surface area contributed by atoms with Gasteiger partial charge in [0, 0.05) is 32.2 Å². The molecule has 0 unspecified atom stereocenters. The Labute approximate surface area is 114 Å². The van der Waals surface area contributed by atoms with Crippen molar-refractivity contribution in [3.8, 4) is 5.75 Å². The number of nitrogens with one attached hydrogen (secondary N) is 1. The molecule has 1 aromatic carbocycles. The summed E-state index contributed by atoms with van der Waals surface area (Å²) >= 11 is 0. The van der Waals surface area contributed by atoms with Crippen LogP contribution >= 0.6 is 0 Å². The van der Waals surface area contributed by atoms with Gasteiger partial charge in [0.1, 0.15) is 0 Å². The van der Waals surface area contributed by atoms with Crippen LogP contribution in [0.15, 0.2) is 18.2 Å². The van der Waals surface area contributed by atoms with Crippen LogP contribution in [-0.2, 0) is 4.79 Å². The lowest BCUT2D eigenvalue weighted by atomic mass is 10.3. The third-order valence-corrected chi connectivity index (χ3v) is 2.95. The molecule has 8 heteroatoms. The SMILES string of the molecule is O=C(COc1c(F)cccc1[N+](=O)[O-])N1CCNCC1. The zero-order valence-corrected chi connectivity index (χ0v) is 10.7. The van der Waals surface area contributed by atoms with Gasteiger partial charge < -0.3 is 15.0 Å². The van der Waals surface area contributed by atoms with E-state index in [1.54, 1.807) is 4.90 Å². The third-order valence-electron chi connectivity index (χ3n) is 2.95. The van der Waals surface area contributed by atoms with Crippen LogP contribution in [0.4, 0.5) is 10.1 Å². The normalized spacial score (nSPS) is 14.9. The molecule has 0 bridgehead atoms. The van der Waals surface area contributed by atoms with E-state index >= 15 is 0 Å². The van der Waals surface area contributed by atoms with E-state index in [0.29, 0.717) is 26.2 Å². The Balaban J connectivity index is 2.03. The highest BCUT2D eigenvalue weighted by Crippen LogP contribution is 2.29. The Hall–Kier alpha value is -2.22. The maximum Gasteiger partial charge on any atom is 0.314 e. The monoisotopic (exact) mass is 283 g/mol. The molecule has 1 N–H and O–H groups in total. The lowest BCUT2D eigenvalue weighted by Gasteiger charge is -2.27. The van der Waals surface area contributed by atoms with Gasteiger partial charge in [0.05, 0.1) is 4.92 Å². The second-order valence-electron chi connectivity index (χ2n) is 4.26. The molecule has 0 saturated carbocycles. The number of nitro benzene ring substituents is 1. The molecule has 0 atom stereocenters. The van der Waals surface area contributed by atoms with E-state index < -0.39 is 28.8 Å². The number of nitro groups is 1. The molecule has 1 amide bonds. The summed E-state index contributed by atoms with van der Waals surface area (Å²) in [6, 6.07) is 3.41. The second-order valence-corrected chi connectivity index (χ2v) is 4.26. The smallest absolute Gasteiger partial charge is 0.314 e. The number of amides is 1. The number of carbonyl (C=O) groups is 1. The highest BCUT2D eigenvalue weighted by molar-refractivity contribution is 5.78. The minimum Gasteiger partial charge on any atom is -0.475 e. The number of rotatable bonds is 4. The summed E-state index contributed by atoms with van der Waals surface area (Å²) in [5.41, 5.74) is -0.488. The Morgan fingerprint density at radius 1 is 1.45 bits per heavy atom. The van der Waals surface area contributed by atoms with Gasteiger partial charge in [-0.3, -0.25) is 14.9 Å². The topological polar surface area (TPSA) is 84.7 Å². The Morgan fingerprint density at radius 3 is 2.80 bits per heavy atom. The molecule has 0 spiro atoms. The second kappa shape index (κ2) is 6.29. The van der Waals surface area contributed by atoms with Gasteiger partial charge >= 0.3 is 5.69 Å². The third kappa shape index (κ3) is 3.21. The molecule has 2 rings (SSSR count). The van der Waals surface area contributed by atoms with Crippen molar-refractivity contribution in [2.75, 3.05) is 32.8 Å². The van der Waals surface area contributed by atoms with E-state index in [1.807, 2.05) is 0 Å². The maximum atomic E-state index is 13.5. The molecule has 0 aromatic heterocycles. The number of ether oxygens (including phenoxy) is 1. The number of halogens is 1. The van der Waals surface area contributed by atoms with Crippen molar-refractivity contribution in [3.05, 3.63) is 34.1 Å². The Bertz CT molecular complexity index is 517. The van der Waals surface area contributed by atoms with Crippen LogP contribution in [0.3, 0.4) is 0 Å². The molecule has 1 heterocycles. The first-order valence-electron chi connectivity index (χ1n) is 6.14. The van der Waals surface area contributed by atoms with Crippen LogP contribution in [0, 0.1) is 15.9 Å². The van der Waals surface area contributed by atoms with Gasteiger partial charge in [0.2, 0.25) is 5.75 Å². The van der Waals surface area contributed by atoms with Crippen molar-refractivity contribution in [2.45, 2.75) is 0 Å². The van der Waals surface area contributed by atoms with Gasteiger partial charge in [-0.15, -0.1) is 0 Å². The van der Waals surface area contributed by atoms with Gasteiger partial charge in [-0.25, -0.2) is 4.39 Å². The zero-order chi connectivity index (χ0) is 14.5. The summed E-state index contributed by atoms with van der Waals surface area (Å²) < 4.78 is 18.6. The van der Waals surface area contributed by atoms with E-state index in [2.05, 4.69) is 5.32 Å². The van der Waals surface area contributed by atoms with Crippen LogP contribution in [0.2, 0.25) is 0 Å². The number of para-hydroxylation sites is 1. The molecule has 1 fully saturated rings. The quantitative estimate of drug-likeness (QED) is 0.644. The molecular weight excluding hydrogens is 269 g/mol. The average molecular weight is 283 g/mol. The van der Waals surface area contributed by atoms with Crippen LogP contribution in [-0.4, -0.2) is 48.5 Å². The van der Waals surface area contributed by atoms with E-state index in [-0.39, 0.29) is 5.91 Å². The van der Waals surface area contributed by atoms with E-state index in [0.717, 1.165) is 12.1 Å². The fourth-order valence-corrected chi connectivity index (χ4v) is 1.92. The van der Waals surface area contributed by atoms with Gasteiger partial charge in [-0.1, -0.05) is 6.07 Å². The largest absolute Gasteiger partial charge is 0.475 e. The van der Waals surface area contributed by atoms with Gasteiger partial charge in [0.25, 0.3) is 5.91 Å². The fraction of sp³-hybridized carbons (Fsp3) is 0.417. The van der Waals surface area contributed by atoms with Crippen LogP contribution in [0.25, 0.3) is 0 Å². The van der Waals surface area contributed by atoms with Gasteiger partial charge in [0.15, 0.2) is 12.4 Å². The molecule has 1 aromatic rings. The van der Waals surface area contributed by atoms with E-state index in [4.69, 9.17) is 4.74 Å². The molecule has 1 aliphatic heterocycles. The standard InChI is InChI=1S/C12H14FN3O4/c13-9-2-1-3-10(16(18)19)12(9)20-8-11(17)15-6-4-14-5-7-15/h1-3,14H,4-8H2. The highest BCUT2D eigenvalue weighted by Gasteiger charge is 2.22. The van der Waals surface area contributed by atoms with E-state index in [1.165, 1.54) is 6.07 Å². The summed E-state index contributed by atoms with van der Waals surface area (Å²) in [6.45, 7) is 2.04. The molecular formula is C12H14FN3O4. The number of hydrogen-bond acceptors (Lipinski definition) is 5. The lowest BCUT2D eigenvalue weighted by molar-refractivity contribution is -0.386. The Morgan fingerprint density at radius 2 is 2.15 bits per heavy atom. The summed E-state index contributed by atoms with van der Waals surface area (Å²) in [5.74, 6) is -1.67. The maximum absolute atomic E-state index is 13.5. The van der Waals surface area contributed by atoms with Gasteiger partial charge in [-0.2, -0.15) is 0 Å². The van der Waals surface area contributed by atoms with Crippen molar-refractivity contribution >= 4 is 11.6 Å². The zero-order valence-electron chi connectivity index (χ0n) is 10.7. The summed E-state index contributed by atoms with van der Waals surface area (Å²) in [7, 11) is 0. The van der Waals surface area contributed by atoms with Crippen molar-refractivity contribution < 1.29 is 18.8 Å². The lowest BCUT2D eigenvalue weighted by Crippen LogP contribution is -2.48.